The molecule has 0 bridgehead atoms. The number of hydrogen-bond acceptors (Lipinski definition) is 4. The van der Waals surface area contributed by atoms with Gasteiger partial charge in [-0.3, -0.25) is 4.79 Å². The highest BCUT2D eigenvalue weighted by Crippen LogP contribution is 2.25. The molecule has 3 atom stereocenters. The van der Waals surface area contributed by atoms with Crippen LogP contribution in [0.25, 0.3) is 0 Å². The third-order valence-electron chi connectivity index (χ3n) is 1.56. The van der Waals surface area contributed by atoms with Gasteiger partial charge in [-0.05, 0) is 6.92 Å². The molecular formula is C7H9IO4. The molecule has 12 heavy (non-hydrogen) atoms. The van der Waals surface area contributed by atoms with Crippen molar-refractivity contribution in [2.75, 3.05) is 0 Å². The quantitative estimate of drug-likeness (QED) is 0.403. The van der Waals surface area contributed by atoms with E-state index in [4.69, 9.17) is 9.47 Å². The average molecular weight is 284 g/mol. The summed E-state index contributed by atoms with van der Waals surface area (Å²) in [5, 5.41) is 0. The topological polar surface area (TPSA) is 52.6 Å². The molecule has 0 aromatic rings. The van der Waals surface area contributed by atoms with Crippen LogP contribution in [0.4, 0.5) is 0 Å². The van der Waals surface area contributed by atoms with Gasteiger partial charge in [-0.25, -0.2) is 4.79 Å². The number of alkyl halides is 1. The summed E-state index contributed by atoms with van der Waals surface area (Å²) in [5.41, 5.74) is 0. The second-order valence-corrected chi connectivity index (χ2v) is 4.05. The maximum atomic E-state index is 11.0. The van der Waals surface area contributed by atoms with E-state index in [1.54, 1.807) is 6.92 Å². The van der Waals surface area contributed by atoms with E-state index in [0.29, 0.717) is 0 Å². The summed E-state index contributed by atoms with van der Waals surface area (Å²) in [4.78, 5) is 21.6. The second-order valence-electron chi connectivity index (χ2n) is 2.62. The molecule has 0 amide bonds. The Labute approximate surface area is 83.7 Å². The molecule has 1 saturated heterocycles. The largest absolute Gasteiger partial charge is 0.459 e. The lowest BCUT2D eigenvalue weighted by Crippen LogP contribution is -2.29. The first-order valence-electron chi connectivity index (χ1n) is 3.54. The first kappa shape index (κ1) is 9.76. The molecule has 0 radical (unpaired) electrons. The van der Waals surface area contributed by atoms with Gasteiger partial charge in [-0.15, -0.1) is 0 Å². The summed E-state index contributed by atoms with van der Waals surface area (Å²) >= 11 is 2.05. The molecule has 1 aliphatic heterocycles. The van der Waals surface area contributed by atoms with Crippen molar-refractivity contribution in [3.05, 3.63) is 0 Å². The molecule has 0 spiro atoms. The number of rotatable bonds is 1. The van der Waals surface area contributed by atoms with Crippen molar-refractivity contribution in [3.8, 4) is 0 Å². The summed E-state index contributed by atoms with van der Waals surface area (Å²) in [5.74, 6) is -0.898. The lowest BCUT2D eigenvalue weighted by Gasteiger charge is -2.10. The zero-order valence-electron chi connectivity index (χ0n) is 6.74. The van der Waals surface area contributed by atoms with Crippen LogP contribution in [0.1, 0.15) is 13.8 Å². The standard InChI is InChI=1S/C7H9IO4/c1-3-5(8)6(7(10)11-3)12-4(2)9/h3,5-6H,1-2H3. The Hall–Kier alpha value is -0.330. The molecule has 1 rings (SSSR count). The Balaban J connectivity index is 2.63. The molecule has 1 heterocycles. The Morgan fingerprint density at radius 3 is 2.58 bits per heavy atom. The van der Waals surface area contributed by atoms with Gasteiger partial charge in [0.2, 0.25) is 6.10 Å². The van der Waals surface area contributed by atoms with Crippen LogP contribution in [0.15, 0.2) is 0 Å². The number of carbonyl (C=O) groups is 2. The first-order chi connectivity index (χ1) is 5.52. The third kappa shape index (κ3) is 1.88. The second kappa shape index (κ2) is 3.59. The number of ether oxygens (including phenoxy) is 2. The Morgan fingerprint density at radius 1 is 1.67 bits per heavy atom. The predicted octanol–water partition coefficient (Wildman–Crippen LogP) is 0.667. The number of esters is 2. The van der Waals surface area contributed by atoms with Gasteiger partial charge in [-0.2, -0.15) is 0 Å². The predicted molar refractivity (Wildman–Crippen MR) is 48.9 cm³/mol. The summed E-state index contributed by atoms with van der Waals surface area (Å²) in [6.45, 7) is 3.05. The summed E-state index contributed by atoms with van der Waals surface area (Å²) in [7, 11) is 0. The van der Waals surface area contributed by atoms with Gasteiger partial charge in [0.05, 0.1) is 3.92 Å². The smallest absolute Gasteiger partial charge is 0.349 e. The van der Waals surface area contributed by atoms with Crippen molar-refractivity contribution in [3.63, 3.8) is 0 Å². The molecular weight excluding hydrogens is 275 g/mol. The maximum Gasteiger partial charge on any atom is 0.349 e. The highest BCUT2D eigenvalue weighted by molar-refractivity contribution is 14.1. The van der Waals surface area contributed by atoms with Crippen LogP contribution in [0, 0.1) is 0 Å². The summed E-state index contributed by atoms with van der Waals surface area (Å²) in [6.07, 6.45) is -0.902. The average Bonchev–Trinajstić information content (AvgIpc) is 2.16. The Bertz CT molecular complexity index is 215. The minimum Gasteiger partial charge on any atom is -0.459 e. The van der Waals surface area contributed by atoms with E-state index in [9.17, 15) is 9.59 Å². The van der Waals surface area contributed by atoms with Crippen LogP contribution in [-0.2, 0) is 19.1 Å². The Morgan fingerprint density at radius 2 is 2.25 bits per heavy atom. The number of hydrogen-bond donors (Lipinski definition) is 0. The fourth-order valence-electron chi connectivity index (χ4n) is 0.983. The minimum atomic E-state index is -0.724. The lowest BCUT2D eigenvalue weighted by atomic mass is 10.2. The zero-order valence-corrected chi connectivity index (χ0v) is 8.90. The summed E-state index contributed by atoms with van der Waals surface area (Å²) in [6, 6.07) is 0. The van der Waals surface area contributed by atoms with Gasteiger partial charge in [0.1, 0.15) is 6.10 Å². The molecule has 0 saturated carbocycles. The molecule has 0 aliphatic carbocycles. The van der Waals surface area contributed by atoms with Crippen molar-refractivity contribution in [2.24, 2.45) is 0 Å². The molecule has 0 aromatic carbocycles. The van der Waals surface area contributed by atoms with Crippen LogP contribution in [0.3, 0.4) is 0 Å². The van der Waals surface area contributed by atoms with Crippen LogP contribution < -0.4 is 0 Å². The van der Waals surface area contributed by atoms with E-state index in [2.05, 4.69) is 0 Å². The fraction of sp³-hybridized carbons (Fsp3) is 0.714. The molecule has 0 N–H and O–H groups in total. The van der Waals surface area contributed by atoms with E-state index in [0.717, 1.165) is 0 Å². The normalized spacial score (nSPS) is 34.6. The van der Waals surface area contributed by atoms with E-state index in [1.807, 2.05) is 22.6 Å². The van der Waals surface area contributed by atoms with Crippen LogP contribution in [0.5, 0.6) is 0 Å². The van der Waals surface area contributed by atoms with Crippen molar-refractivity contribution in [1.29, 1.82) is 0 Å². The number of cyclic esters (lactones) is 1. The number of halogens is 1. The van der Waals surface area contributed by atoms with Gasteiger partial charge in [0.15, 0.2) is 0 Å². The van der Waals surface area contributed by atoms with E-state index >= 15 is 0 Å². The molecule has 68 valence electrons. The van der Waals surface area contributed by atoms with Gasteiger partial charge in [0, 0.05) is 6.92 Å². The van der Waals surface area contributed by atoms with E-state index in [1.165, 1.54) is 6.92 Å². The van der Waals surface area contributed by atoms with Gasteiger partial charge in [-0.1, -0.05) is 22.6 Å². The highest BCUT2D eigenvalue weighted by atomic mass is 127. The lowest BCUT2D eigenvalue weighted by molar-refractivity contribution is -0.159. The van der Waals surface area contributed by atoms with Crippen molar-refractivity contribution >= 4 is 34.5 Å². The van der Waals surface area contributed by atoms with Crippen LogP contribution in [-0.4, -0.2) is 28.1 Å². The molecule has 1 aliphatic rings. The van der Waals surface area contributed by atoms with Crippen LogP contribution in [0.2, 0.25) is 0 Å². The monoisotopic (exact) mass is 284 g/mol. The summed E-state index contributed by atoms with van der Waals surface area (Å²) < 4.78 is 9.56. The third-order valence-corrected chi connectivity index (χ3v) is 3.23. The van der Waals surface area contributed by atoms with Gasteiger partial charge >= 0.3 is 11.9 Å². The van der Waals surface area contributed by atoms with Gasteiger partial charge in [0.25, 0.3) is 0 Å². The van der Waals surface area contributed by atoms with Crippen molar-refractivity contribution < 1.29 is 19.1 Å². The maximum absolute atomic E-state index is 11.0. The highest BCUT2D eigenvalue weighted by Gasteiger charge is 2.43. The van der Waals surface area contributed by atoms with Gasteiger partial charge < -0.3 is 9.47 Å². The van der Waals surface area contributed by atoms with E-state index in [-0.39, 0.29) is 10.0 Å². The fourth-order valence-corrected chi connectivity index (χ4v) is 1.57. The minimum absolute atomic E-state index is 0.0843. The molecule has 0 aromatic heterocycles. The number of carbonyl (C=O) groups excluding carboxylic acids is 2. The molecule has 5 heteroatoms. The zero-order chi connectivity index (χ0) is 9.30. The first-order valence-corrected chi connectivity index (χ1v) is 4.78. The van der Waals surface area contributed by atoms with Crippen LogP contribution >= 0.6 is 22.6 Å². The van der Waals surface area contributed by atoms with Crippen molar-refractivity contribution in [2.45, 2.75) is 30.0 Å². The molecule has 1 fully saturated rings. The molecule has 3 unspecified atom stereocenters. The SMILES string of the molecule is CC(=O)OC1C(=O)OC(C)C1I. The Kier molecular flexibility index (Phi) is 2.92. The van der Waals surface area contributed by atoms with Crippen molar-refractivity contribution in [1.82, 2.24) is 0 Å². The van der Waals surface area contributed by atoms with E-state index < -0.39 is 18.0 Å². The molecule has 4 nitrogen and oxygen atoms in total.